The molecule has 2 fully saturated rings. The van der Waals surface area contributed by atoms with E-state index in [0.29, 0.717) is 12.0 Å². The van der Waals surface area contributed by atoms with Gasteiger partial charge < -0.3 is 9.67 Å². The van der Waals surface area contributed by atoms with Crippen molar-refractivity contribution in [3.8, 4) is 0 Å². The van der Waals surface area contributed by atoms with Crippen molar-refractivity contribution < 1.29 is 9.90 Å². The molecule has 0 aliphatic heterocycles. The van der Waals surface area contributed by atoms with Crippen molar-refractivity contribution in [1.29, 1.82) is 0 Å². The number of carboxylic acids is 1. The Hall–Kier alpha value is -1.25. The van der Waals surface area contributed by atoms with Crippen molar-refractivity contribution in [3.63, 3.8) is 0 Å². The molecule has 1 unspecified atom stereocenters. The number of nitrogens with zero attached hydrogens (tertiary/aromatic N) is 1. The second kappa shape index (κ2) is 4.69. The van der Waals surface area contributed by atoms with Crippen molar-refractivity contribution in [2.75, 3.05) is 0 Å². The van der Waals surface area contributed by atoms with Crippen LogP contribution in [-0.4, -0.2) is 15.6 Å². The predicted octanol–water partition coefficient (Wildman–Crippen LogP) is 3.80. The lowest BCUT2D eigenvalue weighted by Crippen LogP contribution is -2.20. The van der Waals surface area contributed by atoms with E-state index in [1.165, 1.54) is 37.1 Å². The minimum atomic E-state index is -0.636. The molecule has 1 aromatic rings. The maximum absolute atomic E-state index is 11.7. The van der Waals surface area contributed by atoms with Crippen LogP contribution in [0.5, 0.6) is 0 Å². The van der Waals surface area contributed by atoms with Crippen LogP contribution >= 0.6 is 0 Å². The molecule has 2 aliphatic carbocycles. The first-order chi connectivity index (χ1) is 9.09. The second-order valence-electron chi connectivity index (χ2n) is 6.29. The molecular weight excluding hydrogens is 238 g/mol. The van der Waals surface area contributed by atoms with Gasteiger partial charge in [-0.05, 0) is 57.1 Å². The summed E-state index contributed by atoms with van der Waals surface area (Å²) in [5, 5.41) is 9.66. The number of aryl methyl sites for hydroxylation is 1. The molecular formula is C16H23NO2. The summed E-state index contributed by atoms with van der Waals surface area (Å²) in [5.41, 5.74) is 3.50. The Morgan fingerprint density at radius 1 is 1.26 bits per heavy atom. The highest BCUT2D eigenvalue weighted by Gasteiger charge is 2.36. The average molecular weight is 261 g/mol. The molecule has 104 valence electrons. The molecule has 0 bridgehead atoms. The molecule has 1 aromatic heterocycles. The molecule has 2 saturated carbocycles. The molecule has 19 heavy (non-hydrogen) atoms. The van der Waals surface area contributed by atoms with Crippen LogP contribution in [-0.2, 0) is 4.79 Å². The Kier molecular flexibility index (Phi) is 3.15. The van der Waals surface area contributed by atoms with Gasteiger partial charge in [-0.15, -0.1) is 0 Å². The summed E-state index contributed by atoms with van der Waals surface area (Å²) >= 11 is 0. The summed E-state index contributed by atoms with van der Waals surface area (Å²) < 4.78 is 2.36. The van der Waals surface area contributed by atoms with Gasteiger partial charge in [0.05, 0.1) is 5.92 Å². The van der Waals surface area contributed by atoms with Crippen LogP contribution in [0.3, 0.4) is 0 Å². The monoisotopic (exact) mass is 261 g/mol. The zero-order valence-corrected chi connectivity index (χ0v) is 11.9. The van der Waals surface area contributed by atoms with Gasteiger partial charge in [-0.25, -0.2) is 0 Å². The summed E-state index contributed by atoms with van der Waals surface area (Å²) in [7, 11) is 0. The van der Waals surface area contributed by atoms with Gasteiger partial charge in [0.15, 0.2) is 0 Å². The van der Waals surface area contributed by atoms with E-state index in [1.807, 2.05) is 0 Å². The lowest BCUT2D eigenvalue weighted by atomic mass is 9.85. The molecule has 1 N–H and O–H groups in total. The van der Waals surface area contributed by atoms with Crippen molar-refractivity contribution in [2.24, 2.45) is 5.92 Å². The SMILES string of the molecule is Cc1cc(C(C(=O)O)C2CCCC2)c(C)n1C1CC1. The van der Waals surface area contributed by atoms with Gasteiger partial charge in [-0.3, -0.25) is 4.79 Å². The molecule has 0 aromatic carbocycles. The zero-order chi connectivity index (χ0) is 13.6. The summed E-state index contributed by atoms with van der Waals surface area (Å²) in [5.74, 6) is -0.588. The summed E-state index contributed by atoms with van der Waals surface area (Å²) in [6.07, 6.45) is 7.02. The second-order valence-corrected chi connectivity index (χ2v) is 6.29. The molecule has 1 heterocycles. The quantitative estimate of drug-likeness (QED) is 0.895. The number of carboxylic acid groups (broad SMARTS) is 1. The summed E-state index contributed by atoms with van der Waals surface area (Å²) in [6.45, 7) is 4.22. The van der Waals surface area contributed by atoms with E-state index in [2.05, 4.69) is 24.5 Å². The molecule has 0 radical (unpaired) electrons. The molecule has 0 saturated heterocycles. The Balaban J connectivity index is 1.98. The third kappa shape index (κ3) is 2.19. The number of aromatic nitrogens is 1. The predicted molar refractivity (Wildman–Crippen MR) is 74.5 cm³/mol. The standard InChI is InChI=1S/C16H23NO2/c1-10-9-14(11(2)17(10)13-7-8-13)15(16(18)19)12-5-3-4-6-12/h9,12-13,15H,3-8H2,1-2H3,(H,18,19). The zero-order valence-electron chi connectivity index (χ0n) is 11.9. The Labute approximate surface area is 114 Å². The van der Waals surface area contributed by atoms with Crippen molar-refractivity contribution >= 4 is 5.97 Å². The fourth-order valence-corrected chi connectivity index (χ4v) is 3.89. The lowest BCUT2D eigenvalue weighted by Gasteiger charge is -2.20. The van der Waals surface area contributed by atoms with Crippen LogP contribution < -0.4 is 0 Å². The van der Waals surface area contributed by atoms with E-state index < -0.39 is 5.97 Å². The smallest absolute Gasteiger partial charge is 0.311 e. The third-order valence-corrected chi connectivity index (χ3v) is 4.91. The maximum atomic E-state index is 11.7. The van der Waals surface area contributed by atoms with Crippen molar-refractivity contribution in [3.05, 3.63) is 23.0 Å². The lowest BCUT2D eigenvalue weighted by molar-refractivity contribution is -0.140. The average Bonchev–Trinajstić information content (AvgIpc) is 2.94. The largest absolute Gasteiger partial charge is 0.481 e. The van der Waals surface area contributed by atoms with Gasteiger partial charge >= 0.3 is 5.97 Å². The molecule has 2 aliphatic rings. The van der Waals surface area contributed by atoms with Gasteiger partial charge in [0.25, 0.3) is 0 Å². The number of hydrogen-bond acceptors (Lipinski definition) is 1. The van der Waals surface area contributed by atoms with Gasteiger partial charge in [0.2, 0.25) is 0 Å². The summed E-state index contributed by atoms with van der Waals surface area (Å²) in [6, 6.07) is 2.76. The fourth-order valence-electron chi connectivity index (χ4n) is 3.89. The van der Waals surface area contributed by atoms with Crippen molar-refractivity contribution in [1.82, 2.24) is 4.57 Å². The van der Waals surface area contributed by atoms with Crippen LogP contribution in [0.2, 0.25) is 0 Å². The highest BCUT2D eigenvalue weighted by molar-refractivity contribution is 5.77. The number of rotatable bonds is 4. The first-order valence-electron chi connectivity index (χ1n) is 7.50. The Morgan fingerprint density at radius 2 is 1.89 bits per heavy atom. The van der Waals surface area contributed by atoms with Gasteiger partial charge in [0, 0.05) is 17.4 Å². The topological polar surface area (TPSA) is 42.2 Å². The number of carbonyl (C=O) groups is 1. The summed E-state index contributed by atoms with van der Waals surface area (Å²) in [4.78, 5) is 11.7. The molecule has 0 amide bonds. The maximum Gasteiger partial charge on any atom is 0.311 e. The van der Waals surface area contributed by atoms with E-state index in [9.17, 15) is 9.90 Å². The van der Waals surface area contributed by atoms with Crippen molar-refractivity contribution in [2.45, 2.75) is 64.3 Å². The molecule has 3 rings (SSSR count). The first-order valence-corrected chi connectivity index (χ1v) is 7.50. The van der Waals surface area contributed by atoms with E-state index in [4.69, 9.17) is 0 Å². The highest BCUT2D eigenvalue weighted by Crippen LogP contribution is 2.43. The van der Waals surface area contributed by atoms with Crippen LogP contribution in [0.15, 0.2) is 6.07 Å². The van der Waals surface area contributed by atoms with E-state index >= 15 is 0 Å². The van der Waals surface area contributed by atoms with Gasteiger partial charge in [0.1, 0.15) is 0 Å². The molecule has 3 heteroatoms. The van der Waals surface area contributed by atoms with E-state index in [1.54, 1.807) is 0 Å². The van der Waals surface area contributed by atoms with Gasteiger partial charge in [-0.1, -0.05) is 12.8 Å². The Morgan fingerprint density at radius 3 is 2.42 bits per heavy atom. The number of aliphatic carboxylic acids is 1. The normalized spacial score (nSPS) is 21.8. The van der Waals surface area contributed by atoms with Crippen LogP contribution in [0.25, 0.3) is 0 Å². The third-order valence-electron chi connectivity index (χ3n) is 4.91. The minimum Gasteiger partial charge on any atom is -0.481 e. The van der Waals surface area contributed by atoms with Crippen LogP contribution in [0.4, 0.5) is 0 Å². The fraction of sp³-hybridized carbons (Fsp3) is 0.688. The molecule has 1 atom stereocenters. The van der Waals surface area contributed by atoms with E-state index in [-0.39, 0.29) is 5.92 Å². The van der Waals surface area contributed by atoms with Crippen LogP contribution in [0.1, 0.15) is 67.4 Å². The molecule has 0 spiro atoms. The van der Waals surface area contributed by atoms with Gasteiger partial charge in [-0.2, -0.15) is 0 Å². The van der Waals surface area contributed by atoms with Crippen LogP contribution in [0, 0.1) is 19.8 Å². The minimum absolute atomic E-state index is 0.291. The number of hydrogen-bond donors (Lipinski definition) is 1. The van der Waals surface area contributed by atoms with E-state index in [0.717, 1.165) is 18.4 Å². The highest BCUT2D eigenvalue weighted by atomic mass is 16.4. The Bertz CT molecular complexity index is 493. The molecule has 3 nitrogen and oxygen atoms in total. The first kappa shape index (κ1) is 12.8.